The van der Waals surface area contributed by atoms with Crippen LogP contribution in [-0.2, 0) is 16.4 Å². The maximum absolute atomic E-state index is 13.1. The number of hydrogen-bond acceptors (Lipinski definition) is 4. The van der Waals surface area contributed by atoms with Gasteiger partial charge in [0, 0.05) is 12.8 Å². The molecule has 1 aliphatic heterocycles. The first-order valence-electron chi connectivity index (χ1n) is 7.67. The molecule has 3 rings (SSSR count). The third-order valence-corrected chi connectivity index (χ3v) is 5.40. The van der Waals surface area contributed by atoms with Crippen LogP contribution in [0.3, 0.4) is 0 Å². The summed E-state index contributed by atoms with van der Waals surface area (Å²) >= 11 is 0. The van der Waals surface area contributed by atoms with Gasteiger partial charge >= 0.3 is 0 Å². The predicted octanol–water partition coefficient (Wildman–Crippen LogP) is 2.68. The van der Waals surface area contributed by atoms with E-state index in [1.54, 1.807) is 12.1 Å². The highest BCUT2D eigenvalue weighted by atomic mass is 32.2. The van der Waals surface area contributed by atoms with E-state index in [0.717, 1.165) is 31.4 Å². The van der Waals surface area contributed by atoms with Crippen LogP contribution in [0.1, 0.15) is 36.6 Å². The maximum Gasteiger partial charge on any atom is 0.178 e. The summed E-state index contributed by atoms with van der Waals surface area (Å²) in [5.41, 5.74) is 1.67. The highest BCUT2D eigenvalue weighted by Crippen LogP contribution is 2.34. The van der Waals surface area contributed by atoms with Crippen molar-refractivity contribution in [2.75, 3.05) is 12.8 Å². The minimum absolute atomic E-state index is 0.0129. The highest BCUT2D eigenvalue weighted by Gasteiger charge is 2.30. The van der Waals surface area contributed by atoms with Gasteiger partial charge in [-0.3, -0.25) is 10.00 Å². The SMILES string of the molecule is CS(=O)(=O)c1cn[nH]c1[C@@H]1CCCCN1Cc1ccc(F)cc1. The third-order valence-electron chi connectivity index (χ3n) is 4.28. The summed E-state index contributed by atoms with van der Waals surface area (Å²) in [5.74, 6) is -0.253. The van der Waals surface area contributed by atoms with E-state index in [0.29, 0.717) is 12.2 Å². The quantitative estimate of drug-likeness (QED) is 0.931. The van der Waals surface area contributed by atoms with E-state index in [-0.39, 0.29) is 16.8 Å². The lowest BCUT2D eigenvalue weighted by atomic mass is 9.98. The number of aromatic nitrogens is 2. The summed E-state index contributed by atoms with van der Waals surface area (Å²) in [7, 11) is -3.31. The standard InChI is InChI=1S/C16H20FN3O2S/c1-23(21,22)15-10-18-19-16(15)14-4-2-3-9-20(14)11-12-5-7-13(17)8-6-12/h5-8,10,14H,2-4,9,11H2,1H3,(H,18,19)/t14-/m0/s1. The number of rotatable bonds is 4. The molecule has 0 unspecified atom stereocenters. The second kappa shape index (κ2) is 6.41. The molecule has 1 aromatic heterocycles. The summed E-state index contributed by atoms with van der Waals surface area (Å²) in [6, 6.07) is 6.43. The smallest absolute Gasteiger partial charge is 0.178 e. The van der Waals surface area contributed by atoms with Crippen LogP contribution in [0.5, 0.6) is 0 Å². The minimum Gasteiger partial charge on any atom is -0.290 e. The van der Waals surface area contributed by atoms with Crippen LogP contribution in [0.2, 0.25) is 0 Å². The molecule has 124 valence electrons. The molecule has 0 saturated carbocycles. The average Bonchev–Trinajstić information content (AvgIpc) is 3.00. The van der Waals surface area contributed by atoms with Crippen LogP contribution < -0.4 is 0 Å². The molecule has 1 N–H and O–H groups in total. The van der Waals surface area contributed by atoms with Gasteiger partial charge in [0.05, 0.1) is 17.9 Å². The van der Waals surface area contributed by atoms with Gasteiger partial charge in [-0.25, -0.2) is 12.8 Å². The molecule has 2 aromatic rings. The molecular weight excluding hydrogens is 317 g/mol. The Morgan fingerprint density at radius 3 is 2.74 bits per heavy atom. The molecule has 1 aromatic carbocycles. The fourth-order valence-corrected chi connectivity index (χ4v) is 3.98. The van der Waals surface area contributed by atoms with Gasteiger partial charge in [0.25, 0.3) is 0 Å². The number of H-pyrrole nitrogens is 1. The van der Waals surface area contributed by atoms with Crippen LogP contribution >= 0.6 is 0 Å². The Kier molecular flexibility index (Phi) is 4.50. The van der Waals surface area contributed by atoms with Crippen LogP contribution in [0.15, 0.2) is 35.4 Å². The van der Waals surface area contributed by atoms with Crippen molar-refractivity contribution in [1.82, 2.24) is 15.1 Å². The van der Waals surface area contributed by atoms with E-state index < -0.39 is 9.84 Å². The van der Waals surface area contributed by atoms with Gasteiger partial charge in [-0.05, 0) is 37.1 Å². The minimum atomic E-state index is -3.31. The van der Waals surface area contributed by atoms with Crippen LogP contribution in [-0.4, -0.2) is 36.3 Å². The number of halogens is 1. The highest BCUT2D eigenvalue weighted by molar-refractivity contribution is 7.90. The second-order valence-electron chi connectivity index (χ2n) is 6.03. The normalized spacial score (nSPS) is 19.8. The molecule has 0 bridgehead atoms. The topological polar surface area (TPSA) is 66.1 Å². The van der Waals surface area contributed by atoms with Crippen molar-refractivity contribution < 1.29 is 12.8 Å². The first-order valence-corrected chi connectivity index (χ1v) is 9.56. The van der Waals surface area contributed by atoms with E-state index in [1.165, 1.54) is 24.6 Å². The van der Waals surface area contributed by atoms with Gasteiger partial charge in [0.15, 0.2) is 9.84 Å². The Morgan fingerprint density at radius 1 is 1.30 bits per heavy atom. The molecule has 2 heterocycles. The molecule has 0 radical (unpaired) electrons. The first kappa shape index (κ1) is 16.1. The number of nitrogens with zero attached hydrogens (tertiary/aromatic N) is 2. The van der Waals surface area contributed by atoms with Gasteiger partial charge in [0.1, 0.15) is 10.7 Å². The van der Waals surface area contributed by atoms with Gasteiger partial charge < -0.3 is 0 Å². The zero-order valence-electron chi connectivity index (χ0n) is 13.0. The monoisotopic (exact) mass is 337 g/mol. The Hall–Kier alpha value is -1.73. The van der Waals surface area contributed by atoms with Gasteiger partial charge in [-0.15, -0.1) is 0 Å². The van der Waals surface area contributed by atoms with Crippen molar-refractivity contribution in [2.24, 2.45) is 0 Å². The summed E-state index contributed by atoms with van der Waals surface area (Å²) in [6.07, 6.45) is 5.59. The molecular formula is C16H20FN3O2S. The number of benzene rings is 1. The van der Waals surface area contributed by atoms with Crippen molar-refractivity contribution in [3.05, 3.63) is 47.5 Å². The lowest BCUT2D eigenvalue weighted by Gasteiger charge is -2.35. The van der Waals surface area contributed by atoms with Crippen LogP contribution in [0.4, 0.5) is 4.39 Å². The van der Waals surface area contributed by atoms with E-state index in [9.17, 15) is 12.8 Å². The van der Waals surface area contributed by atoms with Crippen molar-refractivity contribution in [3.63, 3.8) is 0 Å². The predicted molar refractivity (Wildman–Crippen MR) is 85.1 cm³/mol. The average molecular weight is 337 g/mol. The lowest BCUT2D eigenvalue weighted by Crippen LogP contribution is -2.33. The summed E-state index contributed by atoms with van der Waals surface area (Å²) in [5, 5.41) is 6.81. The number of piperidine rings is 1. The molecule has 1 atom stereocenters. The molecule has 1 fully saturated rings. The van der Waals surface area contributed by atoms with Crippen molar-refractivity contribution >= 4 is 9.84 Å². The largest absolute Gasteiger partial charge is 0.290 e. The van der Waals surface area contributed by atoms with Crippen molar-refractivity contribution in [1.29, 1.82) is 0 Å². The molecule has 1 saturated heterocycles. The summed E-state index contributed by atoms with van der Waals surface area (Å²) in [4.78, 5) is 2.51. The van der Waals surface area contributed by atoms with Gasteiger partial charge in [-0.1, -0.05) is 18.6 Å². The number of nitrogens with one attached hydrogen (secondary N) is 1. The number of aromatic amines is 1. The van der Waals surface area contributed by atoms with Crippen LogP contribution in [0, 0.1) is 5.82 Å². The molecule has 0 spiro atoms. The Balaban J connectivity index is 1.87. The number of sulfone groups is 1. The molecule has 0 aliphatic carbocycles. The molecule has 0 amide bonds. The Labute approximate surface area is 135 Å². The summed E-state index contributed by atoms with van der Waals surface area (Å²) in [6.45, 7) is 1.54. The molecule has 1 aliphatic rings. The van der Waals surface area contributed by atoms with E-state index >= 15 is 0 Å². The zero-order valence-corrected chi connectivity index (χ0v) is 13.8. The van der Waals surface area contributed by atoms with Crippen molar-refractivity contribution in [2.45, 2.75) is 36.7 Å². The van der Waals surface area contributed by atoms with E-state index in [4.69, 9.17) is 0 Å². The molecule has 7 heteroatoms. The fraction of sp³-hybridized carbons (Fsp3) is 0.438. The summed E-state index contributed by atoms with van der Waals surface area (Å²) < 4.78 is 36.9. The Morgan fingerprint density at radius 2 is 2.04 bits per heavy atom. The Bertz CT molecular complexity index is 771. The van der Waals surface area contributed by atoms with Gasteiger partial charge in [0.2, 0.25) is 0 Å². The van der Waals surface area contributed by atoms with E-state index in [1.807, 2.05) is 0 Å². The lowest BCUT2D eigenvalue weighted by molar-refractivity contribution is 0.135. The van der Waals surface area contributed by atoms with Crippen molar-refractivity contribution in [3.8, 4) is 0 Å². The van der Waals surface area contributed by atoms with Crippen LogP contribution in [0.25, 0.3) is 0 Å². The number of hydrogen-bond donors (Lipinski definition) is 1. The fourth-order valence-electron chi connectivity index (χ4n) is 3.15. The second-order valence-corrected chi connectivity index (χ2v) is 8.01. The molecule has 23 heavy (non-hydrogen) atoms. The zero-order chi connectivity index (χ0) is 16.4. The number of likely N-dealkylation sites (tertiary alicyclic amines) is 1. The molecule has 5 nitrogen and oxygen atoms in total. The maximum atomic E-state index is 13.1. The van der Waals surface area contributed by atoms with Gasteiger partial charge in [-0.2, -0.15) is 5.10 Å². The third kappa shape index (κ3) is 3.61. The first-order chi connectivity index (χ1) is 10.9. The van der Waals surface area contributed by atoms with E-state index in [2.05, 4.69) is 15.1 Å².